The van der Waals surface area contributed by atoms with Crippen LogP contribution in [0, 0.1) is 11.8 Å². The van der Waals surface area contributed by atoms with E-state index in [2.05, 4.69) is 34.6 Å². The second-order valence-electron chi connectivity index (χ2n) is 10.1. The Morgan fingerprint density at radius 3 is 1.88 bits per heavy atom. The average Bonchev–Trinajstić information content (AvgIpc) is 2.73. The van der Waals surface area contributed by atoms with E-state index in [1.165, 1.54) is 25.7 Å². The fraction of sp³-hybridized carbons (Fsp3) is 0.714. The summed E-state index contributed by atoms with van der Waals surface area (Å²) in [6.07, 6.45) is 9.32. The summed E-state index contributed by atoms with van der Waals surface area (Å²) in [5.74, 6) is -2.06. The highest BCUT2D eigenvalue weighted by molar-refractivity contribution is 5.82. The van der Waals surface area contributed by atoms with Gasteiger partial charge < -0.3 is 14.9 Å². The number of hydrogen-bond acceptors (Lipinski definition) is 3. The predicted octanol–water partition coefficient (Wildman–Crippen LogP) is 7.63. The van der Waals surface area contributed by atoms with Gasteiger partial charge in [0.1, 0.15) is 5.75 Å². The van der Waals surface area contributed by atoms with Crippen molar-refractivity contribution in [3.05, 3.63) is 29.3 Å². The first kappa shape index (κ1) is 29.0. The zero-order chi connectivity index (χ0) is 24.8. The van der Waals surface area contributed by atoms with Gasteiger partial charge in [-0.3, -0.25) is 9.59 Å². The van der Waals surface area contributed by atoms with Crippen LogP contribution >= 0.6 is 0 Å². The van der Waals surface area contributed by atoms with E-state index in [0.717, 1.165) is 25.7 Å². The predicted molar refractivity (Wildman–Crippen MR) is 134 cm³/mol. The summed E-state index contributed by atoms with van der Waals surface area (Å²) in [6, 6.07) is 5.40. The van der Waals surface area contributed by atoms with Gasteiger partial charge in [-0.2, -0.15) is 0 Å². The van der Waals surface area contributed by atoms with E-state index in [1.54, 1.807) is 6.07 Å². The maximum atomic E-state index is 12.3. The molecule has 0 bridgehead atoms. The largest absolute Gasteiger partial charge is 0.493 e. The summed E-state index contributed by atoms with van der Waals surface area (Å²) in [5.41, 5.74) is 1.16. The van der Waals surface area contributed by atoms with Crippen molar-refractivity contribution in [3.8, 4) is 5.75 Å². The maximum absolute atomic E-state index is 12.3. The number of aliphatic carboxylic acids is 2. The topological polar surface area (TPSA) is 83.8 Å². The van der Waals surface area contributed by atoms with Gasteiger partial charge in [0.05, 0.1) is 18.4 Å². The highest BCUT2D eigenvalue weighted by Gasteiger charge is 2.32. The molecule has 0 saturated heterocycles. The number of rotatable bonds is 18. The van der Waals surface area contributed by atoms with Crippen molar-refractivity contribution in [2.75, 3.05) is 6.61 Å². The fourth-order valence-corrected chi connectivity index (χ4v) is 4.23. The molecule has 2 unspecified atom stereocenters. The van der Waals surface area contributed by atoms with Gasteiger partial charge >= 0.3 is 11.9 Å². The molecule has 0 heterocycles. The lowest BCUT2D eigenvalue weighted by molar-refractivity contribution is -0.140. The Morgan fingerprint density at radius 1 is 0.788 bits per heavy atom. The molecule has 2 N–H and O–H groups in total. The molecule has 188 valence electrons. The molecular weight excluding hydrogens is 416 g/mol. The summed E-state index contributed by atoms with van der Waals surface area (Å²) >= 11 is 0. The first-order chi connectivity index (χ1) is 15.7. The highest BCUT2D eigenvalue weighted by Crippen LogP contribution is 2.39. The molecule has 33 heavy (non-hydrogen) atoms. The quantitative estimate of drug-likeness (QED) is 0.219. The van der Waals surface area contributed by atoms with Gasteiger partial charge in [-0.15, -0.1) is 0 Å². The van der Waals surface area contributed by atoms with Crippen LogP contribution in [0.1, 0.15) is 122 Å². The normalized spacial score (nSPS) is 13.3. The Morgan fingerprint density at radius 2 is 1.33 bits per heavy atom. The monoisotopic (exact) mass is 462 g/mol. The standard InChI is InChI=1S/C28H46O5/c1-6-7-8-9-10-11-19-33-25-14-12-13-22(23(27(29)30)17-15-20(2)3)26(25)24(28(31)32)18-16-21(4)5/h12-14,20-21,23-24H,6-11,15-19H2,1-5H3,(H,29,30)(H,31,32). The van der Waals surface area contributed by atoms with Gasteiger partial charge in [-0.25, -0.2) is 0 Å². The Balaban J connectivity index is 3.24. The minimum atomic E-state index is -0.916. The lowest BCUT2D eigenvalue weighted by Crippen LogP contribution is -2.21. The highest BCUT2D eigenvalue weighted by atomic mass is 16.5. The molecule has 0 fully saturated rings. The van der Waals surface area contributed by atoms with Crippen molar-refractivity contribution in [2.24, 2.45) is 11.8 Å². The lowest BCUT2D eigenvalue weighted by atomic mass is 9.81. The average molecular weight is 463 g/mol. The third kappa shape index (κ3) is 10.6. The van der Waals surface area contributed by atoms with E-state index in [9.17, 15) is 19.8 Å². The molecule has 0 amide bonds. The van der Waals surface area contributed by atoms with E-state index in [0.29, 0.717) is 48.2 Å². The summed E-state index contributed by atoms with van der Waals surface area (Å²) in [6.45, 7) is 11.0. The Kier molecular flexibility index (Phi) is 13.8. The summed E-state index contributed by atoms with van der Waals surface area (Å²) in [4.78, 5) is 24.6. The van der Waals surface area contributed by atoms with E-state index in [4.69, 9.17) is 4.74 Å². The van der Waals surface area contributed by atoms with Crippen LogP contribution < -0.4 is 4.74 Å². The van der Waals surface area contributed by atoms with Crippen molar-refractivity contribution in [1.82, 2.24) is 0 Å². The second kappa shape index (κ2) is 15.7. The number of hydrogen-bond donors (Lipinski definition) is 2. The van der Waals surface area contributed by atoms with Crippen molar-refractivity contribution in [2.45, 2.75) is 111 Å². The molecule has 0 aliphatic rings. The molecule has 0 radical (unpaired) electrons. The molecule has 5 heteroatoms. The van der Waals surface area contributed by atoms with Crippen LogP contribution in [0.25, 0.3) is 0 Å². The Hall–Kier alpha value is -2.04. The zero-order valence-corrected chi connectivity index (χ0v) is 21.4. The van der Waals surface area contributed by atoms with E-state index < -0.39 is 23.8 Å². The van der Waals surface area contributed by atoms with Crippen LogP contribution in [0.5, 0.6) is 5.75 Å². The van der Waals surface area contributed by atoms with Gasteiger partial charge in [-0.1, -0.05) is 78.9 Å². The van der Waals surface area contributed by atoms with E-state index >= 15 is 0 Å². The summed E-state index contributed by atoms with van der Waals surface area (Å²) < 4.78 is 6.12. The summed E-state index contributed by atoms with van der Waals surface area (Å²) in [7, 11) is 0. The number of ether oxygens (including phenoxy) is 1. The summed E-state index contributed by atoms with van der Waals surface area (Å²) in [5, 5.41) is 20.1. The molecule has 0 saturated carbocycles. The molecule has 0 spiro atoms. The van der Waals surface area contributed by atoms with Crippen LogP contribution in [0.4, 0.5) is 0 Å². The van der Waals surface area contributed by atoms with Crippen LogP contribution in [0.15, 0.2) is 18.2 Å². The van der Waals surface area contributed by atoms with Crippen LogP contribution in [0.3, 0.4) is 0 Å². The Bertz CT molecular complexity index is 710. The van der Waals surface area contributed by atoms with Gasteiger partial charge in [0.25, 0.3) is 0 Å². The van der Waals surface area contributed by atoms with E-state index in [1.807, 2.05) is 12.1 Å². The molecule has 0 aliphatic heterocycles. The number of carboxylic acid groups (broad SMARTS) is 2. The second-order valence-corrected chi connectivity index (χ2v) is 10.1. The van der Waals surface area contributed by atoms with Crippen molar-refractivity contribution in [1.29, 1.82) is 0 Å². The first-order valence-electron chi connectivity index (χ1n) is 12.9. The molecule has 0 aliphatic carbocycles. The zero-order valence-electron chi connectivity index (χ0n) is 21.4. The molecular formula is C28H46O5. The van der Waals surface area contributed by atoms with Gasteiger partial charge in [0, 0.05) is 5.56 Å². The van der Waals surface area contributed by atoms with Crippen molar-refractivity contribution >= 4 is 11.9 Å². The molecule has 1 rings (SSSR count). The maximum Gasteiger partial charge on any atom is 0.311 e. The van der Waals surface area contributed by atoms with Crippen LogP contribution in [-0.4, -0.2) is 28.8 Å². The number of benzene rings is 1. The van der Waals surface area contributed by atoms with Crippen LogP contribution in [0.2, 0.25) is 0 Å². The van der Waals surface area contributed by atoms with Crippen molar-refractivity contribution in [3.63, 3.8) is 0 Å². The molecule has 1 aromatic carbocycles. The number of unbranched alkanes of at least 4 members (excludes halogenated alkanes) is 5. The molecule has 1 aromatic rings. The lowest BCUT2D eigenvalue weighted by Gasteiger charge is -2.25. The van der Waals surface area contributed by atoms with Gasteiger partial charge in [0.2, 0.25) is 0 Å². The number of carbonyl (C=O) groups is 2. The molecule has 5 nitrogen and oxygen atoms in total. The molecule has 0 aromatic heterocycles. The SMILES string of the molecule is CCCCCCCCOc1cccc(C(CCC(C)C)C(=O)O)c1C(CCC(C)C)C(=O)O. The van der Waals surface area contributed by atoms with Crippen molar-refractivity contribution < 1.29 is 24.5 Å². The Labute approximate surface area is 200 Å². The minimum Gasteiger partial charge on any atom is -0.493 e. The first-order valence-corrected chi connectivity index (χ1v) is 12.9. The number of carboxylic acids is 2. The minimum absolute atomic E-state index is 0.364. The smallest absolute Gasteiger partial charge is 0.311 e. The third-order valence-electron chi connectivity index (χ3n) is 6.24. The van der Waals surface area contributed by atoms with Gasteiger partial charge in [-0.05, 0) is 55.6 Å². The van der Waals surface area contributed by atoms with Gasteiger partial charge in [0.15, 0.2) is 0 Å². The van der Waals surface area contributed by atoms with Crippen LogP contribution in [-0.2, 0) is 9.59 Å². The third-order valence-corrected chi connectivity index (χ3v) is 6.24. The van der Waals surface area contributed by atoms with E-state index in [-0.39, 0.29) is 0 Å². The molecule has 2 atom stereocenters. The fourth-order valence-electron chi connectivity index (χ4n) is 4.23.